The Morgan fingerprint density at radius 3 is 2.58 bits per heavy atom. The Bertz CT molecular complexity index is 810. The van der Waals surface area contributed by atoms with E-state index in [1.807, 2.05) is 48.5 Å². The molecule has 2 aromatic carbocycles. The predicted molar refractivity (Wildman–Crippen MR) is 97.8 cm³/mol. The summed E-state index contributed by atoms with van der Waals surface area (Å²) in [7, 11) is 0. The van der Waals surface area contributed by atoms with Crippen LogP contribution in [0.5, 0.6) is 0 Å². The van der Waals surface area contributed by atoms with Gasteiger partial charge in [0, 0.05) is 16.2 Å². The second-order valence-corrected chi connectivity index (χ2v) is 6.84. The number of amides is 2. The van der Waals surface area contributed by atoms with E-state index in [9.17, 15) is 14.4 Å². The lowest BCUT2D eigenvalue weighted by Crippen LogP contribution is -2.36. The van der Waals surface area contributed by atoms with Crippen molar-refractivity contribution >= 4 is 35.2 Å². The van der Waals surface area contributed by atoms with Gasteiger partial charge in [-0.3, -0.25) is 9.59 Å². The summed E-state index contributed by atoms with van der Waals surface area (Å²) in [4.78, 5) is 37.0. The van der Waals surface area contributed by atoms with Gasteiger partial charge >= 0.3 is 5.97 Å². The van der Waals surface area contributed by atoms with Crippen LogP contribution in [0.3, 0.4) is 0 Å². The number of anilines is 1. The highest BCUT2D eigenvalue weighted by atomic mass is 32.2. The average molecular weight is 370 g/mol. The summed E-state index contributed by atoms with van der Waals surface area (Å²) in [5.74, 6) is -1.19. The topological polar surface area (TPSA) is 84.5 Å². The normalized spacial score (nSPS) is 16.0. The van der Waals surface area contributed by atoms with Crippen molar-refractivity contribution in [2.24, 2.45) is 0 Å². The van der Waals surface area contributed by atoms with Crippen LogP contribution in [0.25, 0.3) is 0 Å². The van der Waals surface area contributed by atoms with Gasteiger partial charge in [0.05, 0.1) is 5.69 Å². The third-order valence-corrected chi connectivity index (χ3v) is 4.84. The summed E-state index contributed by atoms with van der Waals surface area (Å²) in [6.07, 6.45) is 0.700. The van der Waals surface area contributed by atoms with Gasteiger partial charge in [-0.05, 0) is 30.7 Å². The number of esters is 1. The quantitative estimate of drug-likeness (QED) is 0.764. The molecular weight excluding hydrogens is 352 g/mol. The first-order valence-corrected chi connectivity index (χ1v) is 9.01. The highest BCUT2D eigenvalue weighted by Crippen LogP contribution is 2.33. The molecule has 1 atom stereocenters. The van der Waals surface area contributed by atoms with E-state index in [1.165, 1.54) is 11.8 Å². The van der Waals surface area contributed by atoms with Crippen molar-refractivity contribution in [2.45, 2.75) is 28.7 Å². The molecule has 2 amide bonds. The molecule has 1 heterocycles. The van der Waals surface area contributed by atoms with Crippen LogP contribution in [0.1, 0.15) is 12.8 Å². The molecule has 0 aromatic heterocycles. The van der Waals surface area contributed by atoms with Crippen molar-refractivity contribution in [3.8, 4) is 0 Å². The van der Waals surface area contributed by atoms with Gasteiger partial charge in [-0.2, -0.15) is 0 Å². The van der Waals surface area contributed by atoms with Gasteiger partial charge in [-0.1, -0.05) is 42.1 Å². The van der Waals surface area contributed by atoms with Crippen molar-refractivity contribution < 1.29 is 19.1 Å². The van der Waals surface area contributed by atoms with E-state index in [4.69, 9.17) is 4.74 Å². The number of para-hydroxylation sites is 1. The molecule has 0 radical (unpaired) electrons. The van der Waals surface area contributed by atoms with Crippen LogP contribution in [-0.4, -0.2) is 30.4 Å². The number of nitrogens with one attached hydrogen (secondary N) is 2. The largest absolute Gasteiger partial charge is 0.454 e. The Labute approximate surface area is 155 Å². The Morgan fingerprint density at radius 1 is 1.12 bits per heavy atom. The highest BCUT2D eigenvalue weighted by molar-refractivity contribution is 7.99. The van der Waals surface area contributed by atoms with E-state index >= 15 is 0 Å². The zero-order chi connectivity index (χ0) is 18.4. The zero-order valence-corrected chi connectivity index (χ0v) is 14.8. The number of benzene rings is 2. The SMILES string of the molecule is O=C(COC(=O)C1CCC(=O)N1)Nc1ccccc1Sc1ccccc1. The van der Waals surface area contributed by atoms with Gasteiger partial charge in [0.2, 0.25) is 5.91 Å². The number of hydrogen-bond acceptors (Lipinski definition) is 5. The Balaban J connectivity index is 1.56. The summed E-state index contributed by atoms with van der Waals surface area (Å²) >= 11 is 1.53. The van der Waals surface area contributed by atoms with Crippen LogP contribution < -0.4 is 10.6 Å². The van der Waals surface area contributed by atoms with E-state index in [1.54, 1.807) is 6.07 Å². The number of hydrogen-bond donors (Lipinski definition) is 2. The number of rotatable bonds is 6. The zero-order valence-electron chi connectivity index (χ0n) is 13.9. The van der Waals surface area contributed by atoms with Crippen molar-refractivity contribution in [2.75, 3.05) is 11.9 Å². The summed E-state index contributed by atoms with van der Waals surface area (Å²) in [5, 5.41) is 5.28. The fourth-order valence-electron chi connectivity index (χ4n) is 2.49. The van der Waals surface area contributed by atoms with E-state index in [0.717, 1.165) is 9.79 Å². The minimum atomic E-state index is -0.656. The standard InChI is InChI=1S/C19H18N2O4S/c22-17-11-10-15(21-17)19(24)25-12-18(23)20-14-8-4-5-9-16(14)26-13-6-2-1-3-7-13/h1-9,15H,10-12H2,(H,20,23)(H,21,22). The van der Waals surface area contributed by atoms with E-state index < -0.39 is 24.5 Å². The lowest BCUT2D eigenvalue weighted by atomic mass is 10.2. The summed E-state index contributed by atoms with van der Waals surface area (Å²) < 4.78 is 4.99. The molecule has 134 valence electrons. The Morgan fingerprint density at radius 2 is 1.85 bits per heavy atom. The van der Waals surface area contributed by atoms with Crippen LogP contribution in [-0.2, 0) is 19.1 Å². The highest BCUT2D eigenvalue weighted by Gasteiger charge is 2.28. The van der Waals surface area contributed by atoms with Gasteiger partial charge in [-0.15, -0.1) is 0 Å². The van der Waals surface area contributed by atoms with E-state index in [2.05, 4.69) is 10.6 Å². The summed E-state index contributed by atoms with van der Waals surface area (Å²) in [6, 6.07) is 16.6. The van der Waals surface area contributed by atoms with Crippen molar-refractivity contribution in [3.63, 3.8) is 0 Å². The lowest BCUT2D eigenvalue weighted by Gasteiger charge is -2.12. The molecule has 0 saturated carbocycles. The van der Waals surface area contributed by atoms with Crippen molar-refractivity contribution in [3.05, 3.63) is 54.6 Å². The minimum absolute atomic E-state index is 0.178. The molecule has 3 rings (SSSR count). The van der Waals surface area contributed by atoms with Crippen LogP contribution in [0.2, 0.25) is 0 Å². The van der Waals surface area contributed by atoms with Crippen LogP contribution in [0.4, 0.5) is 5.69 Å². The lowest BCUT2D eigenvalue weighted by molar-refractivity contribution is -0.149. The molecule has 2 N–H and O–H groups in total. The predicted octanol–water partition coefficient (Wildman–Crippen LogP) is 2.60. The van der Waals surface area contributed by atoms with Crippen molar-refractivity contribution in [1.82, 2.24) is 5.32 Å². The molecule has 1 aliphatic rings. The monoisotopic (exact) mass is 370 g/mol. The van der Waals surface area contributed by atoms with Gasteiger partial charge in [0.1, 0.15) is 6.04 Å². The van der Waals surface area contributed by atoms with Crippen LogP contribution in [0.15, 0.2) is 64.4 Å². The summed E-state index contributed by atoms with van der Waals surface area (Å²) in [6.45, 7) is -0.393. The molecule has 0 aliphatic carbocycles. The molecule has 7 heteroatoms. The third-order valence-electron chi connectivity index (χ3n) is 3.76. The molecule has 6 nitrogen and oxygen atoms in total. The number of ether oxygens (including phenoxy) is 1. The Kier molecular flexibility index (Phi) is 5.91. The molecule has 0 spiro atoms. The second kappa shape index (κ2) is 8.53. The Hall–Kier alpha value is -2.80. The molecule has 0 bridgehead atoms. The maximum Gasteiger partial charge on any atom is 0.329 e. The van der Waals surface area contributed by atoms with Gasteiger partial charge < -0.3 is 15.4 Å². The number of carbonyl (C=O) groups excluding carboxylic acids is 3. The first-order valence-electron chi connectivity index (χ1n) is 8.19. The van der Waals surface area contributed by atoms with E-state index in [-0.39, 0.29) is 5.91 Å². The first kappa shape index (κ1) is 18.0. The molecule has 1 unspecified atom stereocenters. The van der Waals surface area contributed by atoms with E-state index in [0.29, 0.717) is 18.5 Å². The fraction of sp³-hybridized carbons (Fsp3) is 0.211. The molecule has 1 fully saturated rings. The smallest absolute Gasteiger partial charge is 0.329 e. The van der Waals surface area contributed by atoms with Gasteiger partial charge in [0.25, 0.3) is 5.91 Å². The van der Waals surface area contributed by atoms with Crippen LogP contribution in [0, 0.1) is 0 Å². The first-order chi connectivity index (χ1) is 12.6. The molecule has 1 saturated heterocycles. The maximum atomic E-state index is 12.1. The molecule has 2 aromatic rings. The fourth-order valence-corrected chi connectivity index (χ4v) is 3.41. The van der Waals surface area contributed by atoms with Gasteiger partial charge in [0.15, 0.2) is 6.61 Å². The summed E-state index contributed by atoms with van der Waals surface area (Å²) in [5.41, 5.74) is 0.650. The van der Waals surface area contributed by atoms with Crippen LogP contribution >= 0.6 is 11.8 Å². The average Bonchev–Trinajstić information content (AvgIpc) is 3.09. The molecule has 26 heavy (non-hydrogen) atoms. The van der Waals surface area contributed by atoms with Gasteiger partial charge in [-0.25, -0.2) is 4.79 Å². The number of carbonyl (C=O) groups is 3. The molecule has 1 aliphatic heterocycles. The third kappa shape index (κ3) is 4.86. The molecular formula is C19H18N2O4S. The minimum Gasteiger partial charge on any atom is -0.454 e. The second-order valence-electron chi connectivity index (χ2n) is 5.73. The van der Waals surface area contributed by atoms with Crippen molar-refractivity contribution in [1.29, 1.82) is 0 Å². The maximum absolute atomic E-state index is 12.1.